The molecule has 0 aliphatic carbocycles. The van der Waals surface area contributed by atoms with Gasteiger partial charge in [-0.3, -0.25) is 4.98 Å². The normalized spacial score (nSPS) is 12.7. The molecule has 16 heavy (non-hydrogen) atoms. The van der Waals surface area contributed by atoms with Crippen molar-refractivity contribution in [3.05, 3.63) is 51.2 Å². The van der Waals surface area contributed by atoms with Gasteiger partial charge in [0.25, 0.3) is 0 Å². The van der Waals surface area contributed by atoms with E-state index in [4.69, 9.17) is 17.3 Å². The summed E-state index contributed by atoms with van der Waals surface area (Å²) in [6.07, 6.45) is 2.13. The highest BCUT2D eigenvalue weighted by Gasteiger charge is 2.12. The van der Waals surface area contributed by atoms with Gasteiger partial charge in [0, 0.05) is 22.1 Å². The van der Waals surface area contributed by atoms with Crippen molar-refractivity contribution < 1.29 is 4.39 Å². The van der Waals surface area contributed by atoms with E-state index >= 15 is 0 Å². The van der Waals surface area contributed by atoms with E-state index in [2.05, 4.69) is 4.98 Å². The van der Waals surface area contributed by atoms with Gasteiger partial charge in [0.2, 0.25) is 0 Å². The molecule has 0 bridgehead atoms. The molecule has 1 heterocycles. The molecular weight excluding hydrogens is 247 g/mol. The number of hydrogen-bond donors (Lipinski definition) is 1. The van der Waals surface area contributed by atoms with Crippen LogP contribution in [0.4, 0.5) is 4.39 Å². The SMILES string of the molecule is NC(Cc1cc(Cl)ccc1F)c1cncs1. The average Bonchev–Trinajstić information content (AvgIpc) is 2.76. The maximum Gasteiger partial charge on any atom is 0.126 e. The van der Waals surface area contributed by atoms with E-state index in [1.54, 1.807) is 17.8 Å². The summed E-state index contributed by atoms with van der Waals surface area (Å²) in [5, 5.41) is 0.521. The molecule has 0 aliphatic rings. The summed E-state index contributed by atoms with van der Waals surface area (Å²) in [5.74, 6) is -0.274. The minimum Gasteiger partial charge on any atom is -0.323 e. The molecule has 1 unspecified atom stereocenters. The molecule has 0 radical (unpaired) electrons. The minimum absolute atomic E-state index is 0.236. The first-order valence-electron chi connectivity index (χ1n) is 4.74. The first-order valence-corrected chi connectivity index (χ1v) is 6.00. The number of benzene rings is 1. The van der Waals surface area contributed by atoms with Gasteiger partial charge in [-0.15, -0.1) is 11.3 Å². The summed E-state index contributed by atoms with van der Waals surface area (Å²) in [6.45, 7) is 0. The third kappa shape index (κ3) is 2.58. The molecule has 2 rings (SSSR count). The molecule has 0 fully saturated rings. The number of nitrogens with two attached hydrogens (primary N) is 1. The van der Waals surface area contributed by atoms with Gasteiger partial charge in [-0.25, -0.2) is 4.39 Å². The largest absolute Gasteiger partial charge is 0.323 e. The molecule has 0 saturated carbocycles. The van der Waals surface area contributed by atoms with Crippen LogP contribution in [0.1, 0.15) is 16.5 Å². The number of aromatic nitrogens is 1. The Balaban J connectivity index is 2.17. The van der Waals surface area contributed by atoms with Gasteiger partial charge >= 0.3 is 0 Å². The van der Waals surface area contributed by atoms with Gasteiger partial charge in [-0.2, -0.15) is 0 Å². The summed E-state index contributed by atoms with van der Waals surface area (Å²) in [6, 6.07) is 4.26. The molecule has 2 nitrogen and oxygen atoms in total. The van der Waals surface area contributed by atoms with Crippen molar-refractivity contribution in [2.75, 3.05) is 0 Å². The van der Waals surface area contributed by atoms with Crippen LogP contribution in [0.15, 0.2) is 29.9 Å². The summed E-state index contributed by atoms with van der Waals surface area (Å²) < 4.78 is 13.4. The lowest BCUT2D eigenvalue weighted by molar-refractivity contribution is 0.595. The van der Waals surface area contributed by atoms with E-state index in [1.165, 1.54) is 23.5 Å². The van der Waals surface area contributed by atoms with Crippen molar-refractivity contribution in [1.82, 2.24) is 4.98 Å². The predicted octanol–water partition coefficient (Wildman–Crippen LogP) is 3.18. The quantitative estimate of drug-likeness (QED) is 0.916. The fourth-order valence-corrected chi connectivity index (χ4v) is 2.26. The highest BCUT2D eigenvalue weighted by atomic mass is 35.5. The summed E-state index contributed by atoms with van der Waals surface area (Å²) >= 11 is 7.28. The van der Waals surface area contributed by atoms with E-state index in [-0.39, 0.29) is 11.9 Å². The van der Waals surface area contributed by atoms with Crippen LogP contribution < -0.4 is 5.73 Å². The van der Waals surface area contributed by atoms with Gasteiger partial charge in [0.15, 0.2) is 0 Å². The smallest absolute Gasteiger partial charge is 0.126 e. The Morgan fingerprint density at radius 2 is 2.31 bits per heavy atom. The fourth-order valence-electron chi connectivity index (χ4n) is 1.45. The number of rotatable bonds is 3. The first-order chi connectivity index (χ1) is 7.66. The highest BCUT2D eigenvalue weighted by Crippen LogP contribution is 2.22. The molecule has 1 aromatic carbocycles. The maximum absolute atomic E-state index is 13.4. The lowest BCUT2D eigenvalue weighted by Gasteiger charge is -2.10. The lowest BCUT2D eigenvalue weighted by Crippen LogP contribution is -2.12. The van der Waals surface area contributed by atoms with E-state index in [0.717, 1.165) is 4.88 Å². The molecule has 0 saturated heterocycles. The van der Waals surface area contributed by atoms with Crippen LogP contribution in [0.5, 0.6) is 0 Å². The van der Waals surface area contributed by atoms with E-state index < -0.39 is 0 Å². The molecule has 1 atom stereocenters. The van der Waals surface area contributed by atoms with Crippen LogP contribution in [0.3, 0.4) is 0 Å². The Morgan fingerprint density at radius 1 is 1.50 bits per heavy atom. The molecule has 5 heteroatoms. The van der Waals surface area contributed by atoms with Crippen LogP contribution in [-0.2, 0) is 6.42 Å². The zero-order chi connectivity index (χ0) is 11.5. The maximum atomic E-state index is 13.4. The lowest BCUT2D eigenvalue weighted by atomic mass is 10.1. The van der Waals surface area contributed by atoms with Crippen molar-refractivity contribution in [1.29, 1.82) is 0 Å². The van der Waals surface area contributed by atoms with Crippen molar-refractivity contribution >= 4 is 22.9 Å². The van der Waals surface area contributed by atoms with Gasteiger partial charge in [-0.1, -0.05) is 11.6 Å². The molecule has 2 aromatic rings. The number of thiazole rings is 1. The molecule has 0 spiro atoms. The first kappa shape index (κ1) is 11.5. The van der Waals surface area contributed by atoms with Gasteiger partial charge in [0.1, 0.15) is 5.82 Å². The Bertz CT molecular complexity index is 473. The van der Waals surface area contributed by atoms with Gasteiger partial charge < -0.3 is 5.73 Å². The molecule has 1 aromatic heterocycles. The second-order valence-corrected chi connectivity index (χ2v) is 4.80. The topological polar surface area (TPSA) is 38.9 Å². The zero-order valence-corrected chi connectivity index (χ0v) is 9.93. The Kier molecular flexibility index (Phi) is 3.53. The molecular formula is C11H10ClFN2S. The average molecular weight is 257 g/mol. The summed E-state index contributed by atoms with van der Waals surface area (Å²) in [4.78, 5) is 4.89. The Morgan fingerprint density at radius 3 is 3.00 bits per heavy atom. The number of nitrogens with zero attached hydrogens (tertiary/aromatic N) is 1. The van der Waals surface area contributed by atoms with Gasteiger partial charge in [0.05, 0.1) is 5.51 Å². The van der Waals surface area contributed by atoms with Crippen LogP contribution in [-0.4, -0.2) is 4.98 Å². The van der Waals surface area contributed by atoms with E-state index in [0.29, 0.717) is 17.0 Å². The van der Waals surface area contributed by atoms with Crippen molar-refractivity contribution in [3.8, 4) is 0 Å². The third-order valence-corrected chi connectivity index (χ3v) is 3.41. The second-order valence-electron chi connectivity index (χ2n) is 3.45. The summed E-state index contributed by atoms with van der Waals surface area (Å²) in [5.41, 5.74) is 8.20. The van der Waals surface area contributed by atoms with E-state index in [1.807, 2.05) is 0 Å². The number of halogens is 2. The van der Waals surface area contributed by atoms with Crippen LogP contribution in [0, 0.1) is 5.82 Å². The Labute approximate surface area is 102 Å². The van der Waals surface area contributed by atoms with Gasteiger partial charge in [-0.05, 0) is 30.2 Å². The van der Waals surface area contributed by atoms with Crippen molar-refractivity contribution in [2.45, 2.75) is 12.5 Å². The zero-order valence-electron chi connectivity index (χ0n) is 8.36. The molecule has 0 aliphatic heterocycles. The van der Waals surface area contributed by atoms with Crippen molar-refractivity contribution in [3.63, 3.8) is 0 Å². The van der Waals surface area contributed by atoms with Crippen LogP contribution in [0.25, 0.3) is 0 Å². The monoisotopic (exact) mass is 256 g/mol. The minimum atomic E-state index is -0.274. The predicted molar refractivity (Wildman–Crippen MR) is 64.2 cm³/mol. The van der Waals surface area contributed by atoms with Crippen molar-refractivity contribution in [2.24, 2.45) is 5.73 Å². The standard InChI is InChI=1S/C11H10ClFN2S/c12-8-1-2-9(13)7(3-8)4-10(14)11-5-15-6-16-11/h1-3,5-6,10H,4,14H2. The Hall–Kier alpha value is -0.970. The fraction of sp³-hybridized carbons (Fsp3) is 0.182. The molecule has 2 N–H and O–H groups in total. The van der Waals surface area contributed by atoms with Crippen LogP contribution >= 0.6 is 22.9 Å². The molecule has 84 valence electrons. The summed E-state index contributed by atoms with van der Waals surface area (Å²) in [7, 11) is 0. The third-order valence-electron chi connectivity index (χ3n) is 2.26. The highest BCUT2D eigenvalue weighted by molar-refractivity contribution is 7.09. The van der Waals surface area contributed by atoms with Crippen LogP contribution in [0.2, 0.25) is 5.02 Å². The second kappa shape index (κ2) is 4.91. The molecule has 0 amide bonds. The van der Waals surface area contributed by atoms with E-state index in [9.17, 15) is 4.39 Å². The number of hydrogen-bond acceptors (Lipinski definition) is 3.